The minimum absolute atomic E-state index is 0. The smallest absolute Gasteiger partial charge is 0.236 e. The molecule has 148 valence electrons. The fraction of sp³-hybridized carbons (Fsp3) is 0.882. The molecule has 1 fully saturated rings. The van der Waals surface area contributed by atoms with Crippen LogP contribution in [0.1, 0.15) is 33.6 Å². The Balaban J connectivity index is 0.00000576. The maximum absolute atomic E-state index is 11.8. The number of carbonyl (C=O) groups is 1. The normalized spacial score (nSPS) is 17.0. The third-order valence-corrected chi connectivity index (χ3v) is 5.54. The minimum atomic E-state index is 0. The molecule has 8 heteroatoms. The van der Waals surface area contributed by atoms with E-state index in [2.05, 4.69) is 42.6 Å². The molecule has 0 spiro atoms. The van der Waals surface area contributed by atoms with E-state index in [9.17, 15) is 4.79 Å². The molecule has 1 amide bonds. The molecule has 25 heavy (non-hydrogen) atoms. The van der Waals surface area contributed by atoms with Gasteiger partial charge in [0.1, 0.15) is 0 Å². The summed E-state index contributed by atoms with van der Waals surface area (Å²) in [5.41, 5.74) is 0. The van der Waals surface area contributed by atoms with E-state index in [-0.39, 0.29) is 34.6 Å². The van der Waals surface area contributed by atoms with Crippen molar-refractivity contribution in [2.45, 2.75) is 44.4 Å². The summed E-state index contributed by atoms with van der Waals surface area (Å²) in [6.07, 6.45) is 4.20. The molecule has 0 aromatic carbocycles. The van der Waals surface area contributed by atoms with Gasteiger partial charge in [-0.1, -0.05) is 0 Å². The molecule has 0 aliphatic carbocycles. The molecule has 6 nitrogen and oxygen atoms in total. The van der Waals surface area contributed by atoms with Gasteiger partial charge in [0.2, 0.25) is 5.91 Å². The van der Waals surface area contributed by atoms with E-state index < -0.39 is 0 Å². The van der Waals surface area contributed by atoms with Crippen molar-refractivity contribution in [1.29, 1.82) is 0 Å². The maximum Gasteiger partial charge on any atom is 0.236 e. The second-order valence-electron chi connectivity index (χ2n) is 7.14. The predicted molar refractivity (Wildman–Crippen MR) is 120 cm³/mol. The molecular weight excluding hydrogens is 449 g/mol. The Labute approximate surface area is 175 Å². The molecule has 1 saturated heterocycles. The maximum atomic E-state index is 11.8. The molecule has 0 unspecified atom stereocenters. The number of rotatable bonds is 7. The van der Waals surface area contributed by atoms with E-state index in [1.807, 2.05) is 25.9 Å². The van der Waals surface area contributed by atoms with Gasteiger partial charge in [0, 0.05) is 44.5 Å². The first kappa shape index (κ1) is 24.8. The Morgan fingerprint density at radius 2 is 1.92 bits per heavy atom. The van der Waals surface area contributed by atoms with Crippen LogP contribution in [0.25, 0.3) is 0 Å². The minimum Gasteiger partial charge on any atom is -0.357 e. The highest BCUT2D eigenvalue weighted by Crippen LogP contribution is 2.21. The number of hydrogen-bond acceptors (Lipinski definition) is 4. The molecule has 1 heterocycles. The third kappa shape index (κ3) is 9.89. The fourth-order valence-corrected chi connectivity index (χ4v) is 2.61. The van der Waals surface area contributed by atoms with Gasteiger partial charge >= 0.3 is 0 Å². The van der Waals surface area contributed by atoms with Gasteiger partial charge in [0.05, 0.1) is 13.1 Å². The quantitative estimate of drug-likeness (QED) is 0.328. The lowest BCUT2D eigenvalue weighted by molar-refractivity contribution is -0.130. The number of aliphatic imine (C=N–C) groups is 1. The summed E-state index contributed by atoms with van der Waals surface area (Å²) in [6, 6.07) is 0.422. The van der Waals surface area contributed by atoms with Crippen molar-refractivity contribution in [2.75, 3.05) is 53.1 Å². The van der Waals surface area contributed by atoms with E-state index in [0.717, 1.165) is 45.0 Å². The first-order valence-electron chi connectivity index (χ1n) is 8.80. The first-order chi connectivity index (χ1) is 11.3. The van der Waals surface area contributed by atoms with E-state index in [4.69, 9.17) is 4.99 Å². The number of guanidine groups is 1. The van der Waals surface area contributed by atoms with Crippen molar-refractivity contribution in [3.63, 3.8) is 0 Å². The van der Waals surface area contributed by atoms with Crippen molar-refractivity contribution < 1.29 is 4.79 Å². The molecule has 0 atom stereocenters. The number of nitrogens with zero attached hydrogens (tertiary/aromatic N) is 3. The van der Waals surface area contributed by atoms with E-state index >= 15 is 0 Å². The summed E-state index contributed by atoms with van der Waals surface area (Å²) in [6.45, 7) is 10.6. The van der Waals surface area contributed by atoms with Gasteiger partial charge in [0.25, 0.3) is 0 Å². The molecule has 0 radical (unpaired) electrons. The Morgan fingerprint density at radius 3 is 2.40 bits per heavy atom. The van der Waals surface area contributed by atoms with Crippen LogP contribution >= 0.6 is 35.7 Å². The molecule has 0 saturated carbocycles. The Hall–Kier alpha value is -0.220. The van der Waals surface area contributed by atoms with Crippen LogP contribution in [0.15, 0.2) is 4.99 Å². The Kier molecular flexibility index (Phi) is 12.1. The summed E-state index contributed by atoms with van der Waals surface area (Å²) < 4.78 is 0.151. The second kappa shape index (κ2) is 12.2. The monoisotopic (exact) mass is 485 g/mol. The number of carbonyl (C=O) groups excluding carboxylic acids is 1. The topological polar surface area (TPSA) is 60.0 Å². The van der Waals surface area contributed by atoms with Crippen LogP contribution in [0.5, 0.6) is 0 Å². The average molecular weight is 485 g/mol. The molecule has 1 aliphatic heterocycles. The number of thioether (sulfide) groups is 1. The van der Waals surface area contributed by atoms with E-state index in [1.54, 1.807) is 4.90 Å². The zero-order valence-corrected chi connectivity index (χ0v) is 19.7. The number of piperidine rings is 1. The van der Waals surface area contributed by atoms with Gasteiger partial charge < -0.3 is 15.5 Å². The Bertz CT molecular complexity index is 423. The highest BCUT2D eigenvalue weighted by atomic mass is 127. The lowest BCUT2D eigenvalue weighted by atomic mass is 10.1. The third-order valence-electron chi connectivity index (χ3n) is 4.30. The zero-order chi connectivity index (χ0) is 18.2. The van der Waals surface area contributed by atoms with Gasteiger partial charge in [-0.3, -0.25) is 14.7 Å². The van der Waals surface area contributed by atoms with E-state index in [1.165, 1.54) is 0 Å². The van der Waals surface area contributed by atoms with Crippen LogP contribution < -0.4 is 10.6 Å². The number of likely N-dealkylation sites (tertiary alicyclic amines) is 1. The van der Waals surface area contributed by atoms with Crippen LogP contribution in [0.2, 0.25) is 0 Å². The van der Waals surface area contributed by atoms with Gasteiger partial charge in [-0.2, -0.15) is 11.8 Å². The lowest BCUT2D eigenvalue weighted by Crippen LogP contribution is -2.50. The van der Waals surface area contributed by atoms with Crippen molar-refractivity contribution in [3.05, 3.63) is 0 Å². The van der Waals surface area contributed by atoms with Gasteiger partial charge in [0.15, 0.2) is 5.96 Å². The van der Waals surface area contributed by atoms with Crippen molar-refractivity contribution in [1.82, 2.24) is 20.4 Å². The number of likely N-dealkylation sites (N-methyl/N-ethyl adjacent to an activating group) is 1. The van der Waals surface area contributed by atoms with Crippen LogP contribution in [0.3, 0.4) is 0 Å². The number of hydrogen-bond donors (Lipinski definition) is 2. The van der Waals surface area contributed by atoms with Gasteiger partial charge in [-0.15, -0.1) is 24.0 Å². The summed E-state index contributed by atoms with van der Waals surface area (Å²) in [4.78, 5) is 20.4. The highest BCUT2D eigenvalue weighted by molar-refractivity contribution is 14.0. The number of halogens is 1. The number of nitrogens with one attached hydrogen (secondary N) is 2. The molecular formula is C17H36IN5OS. The zero-order valence-electron chi connectivity index (χ0n) is 16.6. The summed E-state index contributed by atoms with van der Waals surface area (Å²) >= 11 is 1.84. The number of amides is 1. The lowest BCUT2D eigenvalue weighted by Gasteiger charge is -2.33. The van der Waals surface area contributed by atoms with Gasteiger partial charge in [-0.25, -0.2) is 0 Å². The molecule has 0 aromatic heterocycles. The molecule has 1 rings (SSSR count). The summed E-state index contributed by atoms with van der Waals surface area (Å²) in [5, 5.41) is 6.90. The largest absolute Gasteiger partial charge is 0.357 e. The second-order valence-corrected chi connectivity index (χ2v) is 8.66. The van der Waals surface area contributed by atoms with Crippen LogP contribution in [0.4, 0.5) is 0 Å². The summed E-state index contributed by atoms with van der Waals surface area (Å²) in [5.74, 6) is 1.08. The predicted octanol–water partition coefficient (Wildman–Crippen LogP) is 1.85. The molecule has 1 aliphatic rings. The van der Waals surface area contributed by atoms with E-state index in [0.29, 0.717) is 12.6 Å². The van der Waals surface area contributed by atoms with Gasteiger partial charge in [-0.05, 0) is 39.9 Å². The fourth-order valence-electron chi connectivity index (χ4n) is 2.42. The standard InChI is InChI=1S/C17H35N5OS.HI/c1-7-18-16(19-13-17(2,3)24-6)20-14-8-10-22(11-9-14)12-15(23)21(4)5;/h14H,7-13H2,1-6H3,(H2,18,19,20);1H. The average Bonchev–Trinajstić information content (AvgIpc) is 2.54. The highest BCUT2D eigenvalue weighted by Gasteiger charge is 2.22. The van der Waals surface area contributed by atoms with Crippen molar-refractivity contribution in [2.24, 2.45) is 4.99 Å². The first-order valence-corrected chi connectivity index (χ1v) is 10.0. The summed E-state index contributed by atoms with van der Waals surface area (Å²) in [7, 11) is 3.62. The van der Waals surface area contributed by atoms with Crippen molar-refractivity contribution in [3.8, 4) is 0 Å². The molecule has 0 aromatic rings. The van der Waals surface area contributed by atoms with Crippen molar-refractivity contribution >= 4 is 47.6 Å². The SMILES string of the molecule is CCNC(=NCC(C)(C)SC)NC1CCN(CC(=O)N(C)C)CC1.I. The molecule has 0 bridgehead atoms. The molecule has 2 N–H and O–H groups in total. The van der Waals surface area contributed by atoms with Crippen LogP contribution in [-0.2, 0) is 4.79 Å². The van der Waals surface area contributed by atoms with Crippen LogP contribution in [-0.4, -0.2) is 85.5 Å². The Morgan fingerprint density at radius 1 is 1.32 bits per heavy atom. The van der Waals surface area contributed by atoms with Crippen LogP contribution in [0, 0.1) is 0 Å².